The van der Waals surface area contributed by atoms with Gasteiger partial charge in [-0.1, -0.05) is 12.1 Å². The van der Waals surface area contributed by atoms with Gasteiger partial charge in [0.25, 0.3) is 0 Å². The van der Waals surface area contributed by atoms with Crippen LogP contribution in [-0.2, 0) is 28.6 Å². The highest BCUT2D eigenvalue weighted by atomic mass is 32.1. The molecule has 1 aromatic carbocycles. The van der Waals surface area contributed by atoms with E-state index in [-0.39, 0.29) is 38.6 Å². The highest BCUT2D eigenvalue weighted by Gasteiger charge is 2.33. The minimum Gasteiger partial charge on any atom is -0.466 e. The lowest BCUT2D eigenvalue weighted by Crippen LogP contribution is -2.46. The topological polar surface area (TPSA) is 106 Å². The fourth-order valence-corrected chi connectivity index (χ4v) is 3.37. The van der Waals surface area contributed by atoms with Crippen molar-refractivity contribution in [1.82, 2.24) is 10.2 Å². The average Bonchev–Trinajstić information content (AvgIpc) is 2.76. The predicted molar refractivity (Wildman–Crippen MR) is 123 cm³/mol. The molecule has 174 valence electrons. The largest absolute Gasteiger partial charge is 0.466 e. The molecule has 1 unspecified atom stereocenters. The van der Waals surface area contributed by atoms with E-state index in [1.165, 1.54) is 7.11 Å². The number of ether oxygens (including phenoxy) is 3. The Morgan fingerprint density at radius 2 is 1.94 bits per heavy atom. The van der Waals surface area contributed by atoms with Gasteiger partial charge >= 0.3 is 11.9 Å². The van der Waals surface area contributed by atoms with Gasteiger partial charge in [0.2, 0.25) is 5.91 Å². The summed E-state index contributed by atoms with van der Waals surface area (Å²) in [5, 5.41) is 6.39. The molecular weight excluding hydrogens is 434 g/mol. The van der Waals surface area contributed by atoms with Crippen LogP contribution in [0.1, 0.15) is 38.3 Å². The number of rotatable bonds is 10. The molecule has 1 aliphatic rings. The maximum atomic E-state index is 12.8. The minimum atomic E-state index is -0.551. The number of amides is 1. The lowest BCUT2D eigenvalue weighted by molar-refractivity contribution is -0.144. The Bertz CT molecular complexity index is 901. The summed E-state index contributed by atoms with van der Waals surface area (Å²) in [5.41, 5.74) is 2.35. The number of thiocarbonyl (C=S) groups is 1. The number of carbonyl (C=O) groups excluding carboxylic acids is 3. The molecule has 0 aliphatic carbocycles. The summed E-state index contributed by atoms with van der Waals surface area (Å²) in [7, 11) is 3.30. The van der Waals surface area contributed by atoms with Crippen LogP contribution in [0.3, 0.4) is 0 Å². The molecule has 1 atom stereocenters. The zero-order valence-corrected chi connectivity index (χ0v) is 19.5. The van der Waals surface area contributed by atoms with Crippen molar-refractivity contribution in [3.8, 4) is 0 Å². The maximum absolute atomic E-state index is 12.8. The summed E-state index contributed by atoms with van der Waals surface area (Å²) >= 11 is 5.41. The third-order valence-electron chi connectivity index (χ3n) is 4.86. The Balaban J connectivity index is 2.21. The molecule has 2 N–H and O–H groups in total. The molecule has 0 saturated carbocycles. The zero-order valence-electron chi connectivity index (χ0n) is 18.7. The van der Waals surface area contributed by atoms with Gasteiger partial charge in [-0.15, -0.1) is 0 Å². The number of hydrogen-bond acceptors (Lipinski definition) is 7. The van der Waals surface area contributed by atoms with E-state index in [9.17, 15) is 14.4 Å². The Hall–Kier alpha value is -2.98. The van der Waals surface area contributed by atoms with Gasteiger partial charge in [0.15, 0.2) is 5.11 Å². The molecule has 0 radical (unpaired) electrons. The van der Waals surface area contributed by atoms with Crippen LogP contribution in [0.25, 0.3) is 0 Å². The third-order valence-corrected chi connectivity index (χ3v) is 5.25. The predicted octanol–water partition coefficient (Wildman–Crippen LogP) is 2.29. The lowest BCUT2D eigenvalue weighted by atomic mass is 9.95. The van der Waals surface area contributed by atoms with Crippen molar-refractivity contribution in [2.45, 2.75) is 32.7 Å². The highest BCUT2D eigenvalue weighted by Crippen LogP contribution is 2.31. The second-order valence-electron chi connectivity index (χ2n) is 7.05. The SMILES string of the molecule is CCOC(=O)CCC(=O)Nc1cccc(C2NC(=S)N(C)C(C)=C2C(=O)OCCOC)c1. The standard InChI is InChI=1S/C22H29N3O6S/c1-5-30-18(27)10-9-17(26)23-16-8-6-7-15(13-16)20-19(21(28)31-12-11-29-4)14(2)25(3)22(32)24-20/h6-8,13,20H,5,9-12H2,1-4H3,(H,23,26)(H,24,32). The first-order valence-corrected chi connectivity index (χ1v) is 10.7. The molecule has 0 bridgehead atoms. The van der Waals surface area contributed by atoms with E-state index in [4.69, 9.17) is 26.4 Å². The second kappa shape index (κ2) is 12.2. The monoisotopic (exact) mass is 463 g/mol. The summed E-state index contributed by atoms with van der Waals surface area (Å²) in [5.74, 6) is -1.21. The quantitative estimate of drug-likeness (QED) is 0.307. The molecule has 1 heterocycles. The smallest absolute Gasteiger partial charge is 0.338 e. The Labute approximate surface area is 193 Å². The van der Waals surface area contributed by atoms with Gasteiger partial charge in [0.1, 0.15) is 6.61 Å². The van der Waals surface area contributed by atoms with Crippen LogP contribution in [0.15, 0.2) is 35.5 Å². The van der Waals surface area contributed by atoms with E-state index in [2.05, 4.69) is 10.6 Å². The zero-order chi connectivity index (χ0) is 23.7. The van der Waals surface area contributed by atoms with E-state index in [1.807, 2.05) is 6.07 Å². The number of anilines is 1. The normalized spacial score (nSPS) is 15.8. The summed E-state index contributed by atoms with van der Waals surface area (Å²) in [6.07, 6.45) is 0.0131. The first kappa shape index (κ1) is 25.3. The van der Waals surface area contributed by atoms with Gasteiger partial charge in [-0.05, 0) is 43.8 Å². The fourth-order valence-electron chi connectivity index (χ4n) is 3.11. The van der Waals surface area contributed by atoms with Gasteiger partial charge in [-0.2, -0.15) is 0 Å². The molecule has 1 amide bonds. The van der Waals surface area contributed by atoms with Crippen molar-refractivity contribution in [1.29, 1.82) is 0 Å². The van der Waals surface area contributed by atoms with E-state index < -0.39 is 18.0 Å². The van der Waals surface area contributed by atoms with Crippen LogP contribution in [0.5, 0.6) is 0 Å². The van der Waals surface area contributed by atoms with Crippen molar-refractivity contribution in [3.63, 3.8) is 0 Å². The molecule has 0 saturated heterocycles. The summed E-state index contributed by atoms with van der Waals surface area (Å²) in [6.45, 7) is 4.20. The van der Waals surface area contributed by atoms with Gasteiger partial charge in [-0.3, -0.25) is 9.59 Å². The number of benzene rings is 1. The van der Waals surface area contributed by atoms with Crippen LogP contribution < -0.4 is 10.6 Å². The number of carbonyl (C=O) groups is 3. The molecule has 1 aromatic rings. The molecule has 10 heteroatoms. The van der Waals surface area contributed by atoms with E-state index >= 15 is 0 Å². The Morgan fingerprint density at radius 1 is 1.19 bits per heavy atom. The van der Waals surface area contributed by atoms with Gasteiger partial charge < -0.3 is 29.7 Å². The van der Waals surface area contributed by atoms with E-state index in [0.29, 0.717) is 22.1 Å². The molecule has 0 spiro atoms. The second-order valence-corrected chi connectivity index (χ2v) is 7.43. The van der Waals surface area contributed by atoms with Crippen LogP contribution in [0.2, 0.25) is 0 Å². The average molecular weight is 464 g/mol. The Kier molecular flexibility index (Phi) is 9.61. The van der Waals surface area contributed by atoms with Crippen molar-refractivity contribution in [3.05, 3.63) is 41.1 Å². The molecule has 0 fully saturated rings. The molecule has 1 aliphatic heterocycles. The number of allylic oxidation sites excluding steroid dienone is 1. The molecule has 32 heavy (non-hydrogen) atoms. The summed E-state index contributed by atoms with van der Waals surface area (Å²) < 4.78 is 15.1. The van der Waals surface area contributed by atoms with E-state index in [0.717, 1.165) is 5.56 Å². The van der Waals surface area contributed by atoms with Crippen LogP contribution in [-0.4, -0.2) is 61.8 Å². The first-order valence-electron chi connectivity index (χ1n) is 10.2. The first-order chi connectivity index (χ1) is 15.3. The lowest BCUT2D eigenvalue weighted by Gasteiger charge is -2.35. The van der Waals surface area contributed by atoms with Gasteiger partial charge in [-0.25, -0.2) is 4.79 Å². The maximum Gasteiger partial charge on any atom is 0.338 e. The van der Waals surface area contributed by atoms with Gasteiger partial charge in [0, 0.05) is 32.0 Å². The highest BCUT2D eigenvalue weighted by molar-refractivity contribution is 7.80. The van der Waals surface area contributed by atoms with Gasteiger partial charge in [0.05, 0.1) is 31.2 Å². The molecule has 0 aromatic heterocycles. The van der Waals surface area contributed by atoms with Crippen molar-refractivity contribution >= 4 is 40.9 Å². The third kappa shape index (κ3) is 6.76. The van der Waals surface area contributed by atoms with Crippen molar-refractivity contribution in [2.24, 2.45) is 0 Å². The van der Waals surface area contributed by atoms with Crippen molar-refractivity contribution in [2.75, 3.05) is 39.3 Å². The number of methoxy groups -OCH3 is 1. The van der Waals surface area contributed by atoms with E-state index in [1.54, 1.807) is 44.0 Å². The molecule has 9 nitrogen and oxygen atoms in total. The summed E-state index contributed by atoms with van der Waals surface area (Å²) in [4.78, 5) is 38.2. The van der Waals surface area contributed by atoms with Crippen LogP contribution >= 0.6 is 12.2 Å². The number of nitrogens with one attached hydrogen (secondary N) is 2. The number of hydrogen-bond donors (Lipinski definition) is 2. The Morgan fingerprint density at radius 3 is 2.62 bits per heavy atom. The molecule has 2 rings (SSSR count). The molecular formula is C22H29N3O6S. The number of esters is 2. The van der Waals surface area contributed by atoms with Crippen LogP contribution in [0, 0.1) is 0 Å². The fraction of sp³-hybridized carbons (Fsp3) is 0.455. The van der Waals surface area contributed by atoms with Crippen molar-refractivity contribution < 1.29 is 28.6 Å². The van der Waals surface area contributed by atoms with Crippen LogP contribution in [0.4, 0.5) is 5.69 Å². The minimum absolute atomic E-state index is 0.00352. The summed E-state index contributed by atoms with van der Waals surface area (Å²) in [6, 6.07) is 6.53. The number of nitrogens with zero attached hydrogens (tertiary/aromatic N) is 1.